The number of rotatable bonds is 1. The molecule has 0 aromatic heterocycles. The maximum absolute atomic E-state index is 2.40. The molecule has 0 spiro atoms. The molecule has 0 amide bonds. The van der Waals surface area contributed by atoms with Crippen LogP contribution in [0.4, 0.5) is 0 Å². The first-order valence-electron chi connectivity index (χ1n) is 11.9. The van der Waals surface area contributed by atoms with Crippen molar-refractivity contribution in [3.8, 4) is 33.4 Å². The summed E-state index contributed by atoms with van der Waals surface area (Å²) >= 11 is 0. The van der Waals surface area contributed by atoms with Gasteiger partial charge in [0.2, 0.25) is 0 Å². The Labute approximate surface area is 197 Å². The van der Waals surface area contributed by atoms with E-state index in [1.54, 1.807) is 0 Å². The quantitative estimate of drug-likeness (QED) is 0.228. The first-order valence-corrected chi connectivity index (χ1v) is 11.9. The Bertz CT molecular complexity index is 1960. The fourth-order valence-electron chi connectivity index (χ4n) is 5.89. The fourth-order valence-corrected chi connectivity index (χ4v) is 5.89. The Morgan fingerprint density at radius 2 is 0.882 bits per heavy atom. The van der Waals surface area contributed by atoms with E-state index in [1.165, 1.54) is 76.5 Å². The molecule has 8 rings (SSSR count). The smallest absolute Gasteiger partial charge is 0.00199 e. The zero-order chi connectivity index (χ0) is 22.2. The van der Waals surface area contributed by atoms with Gasteiger partial charge in [-0.05, 0) is 107 Å². The number of fused-ring (bicyclic) bond motifs is 7. The molecular formula is C34H20. The highest BCUT2D eigenvalue weighted by Gasteiger charge is 2.23. The first-order chi connectivity index (χ1) is 16.8. The standard InChI is InChI=1S/C34H20/c1-2-7-22-16-23(13-12-21(22)6-1)24-14-15-25-18-32-31(20-27(25)17-24)30-11-5-10-29-28-9-4-3-8-26(28)19-33(32)34(29)30/h1-20H. The molecule has 0 radical (unpaired) electrons. The first kappa shape index (κ1) is 18.1. The summed E-state index contributed by atoms with van der Waals surface area (Å²) in [7, 11) is 0. The molecule has 0 N–H and O–H groups in total. The SMILES string of the molecule is c1ccc2cc(-c3ccc4cc5c(cc4c3)-c3cccc4c3c-5cc3ccccc34)ccc2c1. The summed E-state index contributed by atoms with van der Waals surface area (Å²) in [6, 6.07) is 44.9. The van der Waals surface area contributed by atoms with Crippen LogP contribution in [0.2, 0.25) is 0 Å². The number of hydrogen-bond donors (Lipinski definition) is 0. The van der Waals surface area contributed by atoms with Crippen LogP contribution in [0.25, 0.3) is 76.5 Å². The van der Waals surface area contributed by atoms with Gasteiger partial charge in [-0.1, -0.05) is 91.0 Å². The fraction of sp³-hybridized carbons (Fsp3) is 0. The maximum Gasteiger partial charge on any atom is -0.00199 e. The largest absolute Gasteiger partial charge is 0.0616 e. The van der Waals surface area contributed by atoms with Crippen molar-refractivity contribution in [1.29, 1.82) is 0 Å². The topological polar surface area (TPSA) is 0 Å². The van der Waals surface area contributed by atoms with E-state index < -0.39 is 0 Å². The second-order valence-corrected chi connectivity index (χ2v) is 9.40. The molecule has 7 aromatic carbocycles. The van der Waals surface area contributed by atoms with Gasteiger partial charge in [0, 0.05) is 0 Å². The second-order valence-electron chi connectivity index (χ2n) is 9.40. The van der Waals surface area contributed by atoms with Gasteiger partial charge in [-0.25, -0.2) is 0 Å². The lowest BCUT2D eigenvalue weighted by atomic mass is 9.95. The molecule has 0 heteroatoms. The summed E-state index contributed by atoms with van der Waals surface area (Å²) in [5, 5.41) is 10.5. The van der Waals surface area contributed by atoms with Crippen LogP contribution >= 0.6 is 0 Å². The van der Waals surface area contributed by atoms with Crippen LogP contribution in [0.1, 0.15) is 0 Å². The van der Waals surface area contributed by atoms with Crippen molar-refractivity contribution < 1.29 is 0 Å². The predicted molar refractivity (Wildman–Crippen MR) is 146 cm³/mol. The average molecular weight is 429 g/mol. The van der Waals surface area contributed by atoms with E-state index in [0.29, 0.717) is 0 Å². The van der Waals surface area contributed by atoms with E-state index in [1.807, 2.05) is 0 Å². The van der Waals surface area contributed by atoms with Crippen molar-refractivity contribution in [2.75, 3.05) is 0 Å². The van der Waals surface area contributed by atoms with Crippen molar-refractivity contribution in [1.82, 2.24) is 0 Å². The van der Waals surface area contributed by atoms with Gasteiger partial charge in [-0.15, -0.1) is 0 Å². The minimum atomic E-state index is 1.26. The third-order valence-electron chi connectivity index (χ3n) is 7.52. The molecule has 0 heterocycles. The van der Waals surface area contributed by atoms with Crippen molar-refractivity contribution in [2.45, 2.75) is 0 Å². The summed E-state index contributed by atoms with van der Waals surface area (Å²) in [6.45, 7) is 0. The van der Waals surface area contributed by atoms with Gasteiger partial charge in [0.1, 0.15) is 0 Å². The van der Waals surface area contributed by atoms with Gasteiger partial charge in [0.15, 0.2) is 0 Å². The molecule has 1 aliphatic carbocycles. The zero-order valence-electron chi connectivity index (χ0n) is 18.5. The Morgan fingerprint density at radius 3 is 1.76 bits per heavy atom. The molecule has 1 aliphatic rings. The molecule has 0 unspecified atom stereocenters. The second kappa shape index (κ2) is 6.56. The summed E-state index contributed by atoms with van der Waals surface area (Å²) in [5.41, 5.74) is 7.93. The normalized spacial score (nSPS) is 12.1. The van der Waals surface area contributed by atoms with E-state index in [0.717, 1.165) is 0 Å². The van der Waals surface area contributed by atoms with Gasteiger partial charge in [0.05, 0.1) is 0 Å². The van der Waals surface area contributed by atoms with Crippen LogP contribution in [-0.2, 0) is 0 Å². The molecule has 0 nitrogen and oxygen atoms in total. The molecule has 0 saturated carbocycles. The van der Waals surface area contributed by atoms with Crippen molar-refractivity contribution in [2.24, 2.45) is 0 Å². The number of hydrogen-bond acceptors (Lipinski definition) is 0. The molecular weight excluding hydrogens is 408 g/mol. The van der Waals surface area contributed by atoms with Crippen molar-refractivity contribution in [3.05, 3.63) is 121 Å². The Morgan fingerprint density at radius 1 is 0.294 bits per heavy atom. The molecule has 156 valence electrons. The summed E-state index contributed by atoms with van der Waals surface area (Å²) in [4.78, 5) is 0. The van der Waals surface area contributed by atoms with Crippen LogP contribution in [0.15, 0.2) is 121 Å². The third-order valence-corrected chi connectivity index (χ3v) is 7.52. The molecule has 0 fully saturated rings. The molecule has 0 bridgehead atoms. The molecule has 0 atom stereocenters. The van der Waals surface area contributed by atoms with E-state index in [9.17, 15) is 0 Å². The minimum absolute atomic E-state index is 1.26. The highest BCUT2D eigenvalue weighted by molar-refractivity contribution is 6.24. The predicted octanol–water partition coefficient (Wildman–Crippen LogP) is 9.61. The highest BCUT2D eigenvalue weighted by atomic mass is 14.3. The van der Waals surface area contributed by atoms with Crippen LogP contribution in [-0.4, -0.2) is 0 Å². The van der Waals surface area contributed by atoms with Gasteiger partial charge in [-0.2, -0.15) is 0 Å². The van der Waals surface area contributed by atoms with Crippen LogP contribution in [0.3, 0.4) is 0 Å². The van der Waals surface area contributed by atoms with Gasteiger partial charge < -0.3 is 0 Å². The minimum Gasteiger partial charge on any atom is -0.0616 e. The molecule has 0 saturated heterocycles. The van der Waals surface area contributed by atoms with Crippen molar-refractivity contribution >= 4 is 43.1 Å². The lowest BCUT2D eigenvalue weighted by Crippen LogP contribution is -1.83. The maximum atomic E-state index is 2.40. The Hall–Kier alpha value is -4.42. The summed E-state index contributed by atoms with van der Waals surface area (Å²) in [5.74, 6) is 0. The zero-order valence-corrected chi connectivity index (χ0v) is 18.5. The molecule has 7 aromatic rings. The summed E-state index contributed by atoms with van der Waals surface area (Å²) < 4.78 is 0. The van der Waals surface area contributed by atoms with E-state index in [4.69, 9.17) is 0 Å². The highest BCUT2D eigenvalue weighted by Crippen LogP contribution is 2.50. The molecule has 0 aliphatic heterocycles. The lowest BCUT2D eigenvalue weighted by Gasteiger charge is -2.09. The Kier molecular flexibility index (Phi) is 3.48. The van der Waals surface area contributed by atoms with E-state index >= 15 is 0 Å². The van der Waals surface area contributed by atoms with Gasteiger partial charge in [0.25, 0.3) is 0 Å². The van der Waals surface area contributed by atoms with Crippen LogP contribution in [0, 0.1) is 0 Å². The lowest BCUT2D eigenvalue weighted by molar-refractivity contribution is 1.67. The van der Waals surface area contributed by atoms with Crippen LogP contribution in [0.5, 0.6) is 0 Å². The van der Waals surface area contributed by atoms with Crippen molar-refractivity contribution in [3.63, 3.8) is 0 Å². The third kappa shape index (κ3) is 2.43. The van der Waals surface area contributed by atoms with Crippen LogP contribution < -0.4 is 0 Å². The average Bonchev–Trinajstić information content (AvgIpc) is 3.20. The Balaban J connectivity index is 1.37. The monoisotopic (exact) mass is 428 g/mol. The summed E-state index contributed by atoms with van der Waals surface area (Å²) in [6.07, 6.45) is 0. The van der Waals surface area contributed by atoms with E-state index in [2.05, 4.69) is 121 Å². The number of benzene rings is 7. The van der Waals surface area contributed by atoms with Gasteiger partial charge in [-0.3, -0.25) is 0 Å². The van der Waals surface area contributed by atoms with Gasteiger partial charge >= 0.3 is 0 Å². The van der Waals surface area contributed by atoms with E-state index in [-0.39, 0.29) is 0 Å². The molecule has 34 heavy (non-hydrogen) atoms.